The minimum atomic E-state index is -0.783. The van der Waals surface area contributed by atoms with E-state index in [9.17, 15) is 4.79 Å². The third-order valence-corrected chi connectivity index (χ3v) is 2.76. The summed E-state index contributed by atoms with van der Waals surface area (Å²) in [5.41, 5.74) is 1.89. The molecule has 0 aliphatic carbocycles. The second-order valence-corrected chi connectivity index (χ2v) is 4.03. The maximum absolute atomic E-state index is 10.8. The Labute approximate surface area is 93.5 Å². The molecule has 0 bridgehead atoms. The van der Waals surface area contributed by atoms with Gasteiger partial charge in [-0.2, -0.15) is 5.10 Å². The summed E-state index contributed by atoms with van der Waals surface area (Å²) in [5.74, 6) is -1.19. The molecule has 1 heterocycles. The summed E-state index contributed by atoms with van der Waals surface area (Å²) in [6.07, 6.45) is 0.469. The number of aliphatic carboxylic acids is 1. The molecular weight excluding hydrogens is 204 g/mol. The van der Waals surface area contributed by atoms with Gasteiger partial charge >= 0.3 is 5.97 Å². The van der Waals surface area contributed by atoms with Crippen molar-refractivity contribution in [3.05, 3.63) is 30.0 Å². The van der Waals surface area contributed by atoms with Gasteiger partial charge < -0.3 is 5.11 Å². The van der Waals surface area contributed by atoms with Crippen molar-refractivity contribution < 1.29 is 9.90 Å². The van der Waals surface area contributed by atoms with Gasteiger partial charge in [0.05, 0.1) is 17.1 Å². The SMILES string of the molecule is CC(Cc1nn(C)c2ccccc12)C(=O)O. The van der Waals surface area contributed by atoms with Crippen LogP contribution >= 0.6 is 0 Å². The Bertz CT molecular complexity index is 531. The zero-order chi connectivity index (χ0) is 11.7. The Morgan fingerprint density at radius 2 is 2.19 bits per heavy atom. The molecule has 84 valence electrons. The highest BCUT2D eigenvalue weighted by atomic mass is 16.4. The average Bonchev–Trinajstić information content (AvgIpc) is 2.57. The number of benzene rings is 1. The molecule has 0 saturated heterocycles. The average molecular weight is 218 g/mol. The van der Waals surface area contributed by atoms with E-state index in [1.807, 2.05) is 31.3 Å². The van der Waals surface area contributed by atoms with Gasteiger partial charge in [-0.3, -0.25) is 9.48 Å². The summed E-state index contributed by atoms with van der Waals surface area (Å²) in [6.45, 7) is 1.70. The largest absolute Gasteiger partial charge is 0.481 e. The highest BCUT2D eigenvalue weighted by Crippen LogP contribution is 2.20. The van der Waals surface area contributed by atoms with E-state index in [0.717, 1.165) is 16.6 Å². The van der Waals surface area contributed by atoms with Gasteiger partial charge in [0.15, 0.2) is 0 Å². The molecule has 1 aromatic carbocycles. The molecule has 4 heteroatoms. The zero-order valence-electron chi connectivity index (χ0n) is 9.34. The van der Waals surface area contributed by atoms with Crippen LogP contribution < -0.4 is 0 Å². The van der Waals surface area contributed by atoms with E-state index in [-0.39, 0.29) is 0 Å². The van der Waals surface area contributed by atoms with Crippen molar-refractivity contribution in [1.29, 1.82) is 0 Å². The fourth-order valence-electron chi connectivity index (χ4n) is 1.82. The lowest BCUT2D eigenvalue weighted by Crippen LogP contribution is -2.12. The molecule has 0 aliphatic heterocycles. The lowest BCUT2D eigenvalue weighted by Gasteiger charge is -2.02. The number of fused-ring (bicyclic) bond motifs is 1. The molecular formula is C12H14N2O2. The Morgan fingerprint density at radius 1 is 1.50 bits per heavy atom. The highest BCUT2D eigenvalue weighted by Gasteiger charge is 2.16. The van der Waals surface area contributed by atoms with E-state index in [4.69, 9.17) is 5.11 Å². The summed E-state index contributed by atoms with van der Waals surface area (Å²) in [5, 5.41) is 14.3. The second-order valence-electron chi connectivity index (χ2n) is 4.03. The predicted octanol–water partition coefficient (Wildman–Crippen LogP) is 1.84. The van der Waals surface area contributed by atoms with E-state index in [2.05, 4.69) is 5.10 Å². The lowest BCUT2D eigenvalue weighted by molar-refractivity contribution is -0.141. The van der Waals surface area contributed by atoms with E-state index in [1.54, 1.807) is 11.6 Å². The first-order valence-corrected chi connectivity index (χ1v) is 5.23. The third-order valence-electron chi connectivity index (χ3n) is 2.76. The molecule has 16 heavy (non-hydrogen) atoms. The highest BCUT2D eigenvalue weighted by molar-refractivity contribution is 5.82. The molecule has 1 N–H and O–H groups in total. The predicted molar refractivity (Wildman–Crippen MR) is 61.2 cm³/mol. The number of hydrogen-bond acceptors (Lipinski definition) is 2. The van der Waals surface area contributed by atoms with Crippen molar-refractivity contribution in [1.82, 2.24) is 9.78 Å². The maximum Gasteiger partial charge on any atom is 0.306 e. The van der Waals surface area contributed by atoms with Crippen molar-refractivity contribution in [2.75, 3.05) is 0 Å². The molecule has 2 rings (SSSR count). The fraction of sp³-hybridized carbons (Fsp3) is 0.333. The monoisotopic (exact) mass is 218 g/mol. The Morgan fingerprint density at radius 3 is 2.88 bits per heavy atom. The fourth-order valence-corrected chi connectivity index (χ4v) is 1.82. The van der Waals surface area contributed by atoms with Crippen molar-refractivity contribution in [3.8, 4) is 0 Å². The van der Waals surface area contributed by atoms with Crippen LogP contribution in [-0.2, 0) is 18.3 Å². The van der Waals surface area contributed by atoms with Gasteiger partial charge in [0.2, 0.25) is 0 Å². The first-order chi connectivity index (χ1) is 7.59. The van der Waals surface area contributed by atoms with Crippen LogP contribution in [0.1, 0.15) is 12.6 Å². The van der Waals surface area contributed by atoms with Gasteiger partial charge in [-0.15, -0.1) is 0 Å². The number of rotatable bonds is 3. The molecule has 0 saturated carbocycles. The van der Waals surface area contributed by atoms with Gasteiger partial charge in [0.1, 0.15) is 0 Å². The minimum absolute atomic E-state index is 0.404. The smallest absolute Gasteiger partial charge is 0.306 e. The molecule has 1 aromatic heterocycles. The van der Waals surface area contributed by atoms with Crippen LogP contribution in [0.15, 0.2) is 24.3 Å². The van der Waals surface area contributed by atoms with Crippen molar-refractivity contribution in [3.63, 3.8) is 0 Å². The summed E-state index contributed by atoms with van der Waals surface area (Å²) in [7, 11) is 1.87. The Balaban J connectivity index is 2.42. The molecule has 1 unspecified atom stereocenters. The topological polar surface area (TPSA) is 55.1 Å². The summed E-state index contributed by atoms with van der Waals surface area (Å²) < 4.78 is 1.79. The van der Waals surface area contributed by atoms with E-state index >= 15 is 0 Å². The number of carboxylic acids is 1. The molecule has 0 spiro atoms. The van der Waals surface area contributed by atoms with Crippen molar-refractivity contribution >= 4 is 16.9 Å². The first-order valence-electron chi connectivity index (χ1n) is 5.23. The van der Waals surface area contributed by atoms with Crippen molar-refractivity contribution in [2.45, 2.75) is 13.3 Å². The first kappa shape index (κ1) is 10.7. The van der Waals surface area contributed by atoms with Gasteiger partial charge in [-0.05, 0) is 6.07 Å². The molecule has 0 radical (unpaired) electrons. The number of aryl methyl sites for hydroxylation is 1. The molecule has 4 nitrogen and oxygen atoms in total. The van der Waals surface area contributed by atoms with Crippen LogP contribution in [-0.4, -0.2) is 20.9 Å². The van der Waals surface area contributed by atoms with E-state index in [1.165, 1.54) is 0 Å². The number of aromatic nitrogens is 2. The number of para-hydroxylation sites is 1. The van der Waals surface area contributed by atoms with Crippen LogP contribution in [0, 0.1) is 5.92 Å². The summed E-state index contributed by atoms with van der Waals surface area (Å²) >= 11 is 0. The lowest BCUT2D eigenvalue weighted by atomic mass is 10.0. The minimum Gasteiger partial charge on any atom is -0.481 e. The van der Waals surface area contributed by atoms with Gasteiger partial charge in [0, 0.05) is 18.9 Å². The Kier molecular flexibility index (Phi) is 2.64. The second kappa shape index (κ2) is 3.96. The van der Waals surface area contributed by atoms with E-state index in [0.29, 0.717) is 6.42 Å². The third kappa shape index (κ3) is 1.78. The van der Waals surface area contributed by atoms with Gasteiger partial charge in [-0.1, -0.05) is 25.1 Å². The molecule has 1 atom stereocenters. The number of nitrogens with zero attached hydrogens (tertiary/aromatic N) is 2. The summed E-state index contributed by atoms with van der Waals surface area (Å²) in [6, 6.07) is 7.86. The van der Waals surface area contributed by atoms with Crippen LogP contribution in [0.4, 0.5) is 0 Å². The van der Waals surface area contributed by atoms with Crippen molar-refractivity contribution in [2.24, 2.45) is 13.0 Å². The number of carboxylic acid groups (broad SMARTS) is 1. The van der Waals surface area contributed by atoms with Gasteiger partial charge in [-0.25, -0.2) is 0 Å². The Hall–Kier alpha value is -1.84. The summed E-state index contributed by atoms with van der Waals surface area (Å²) in [4.78, 5) is 10.8. The quantitative estimate of drug-likeness (QED) is 0.855. The van der Waals surface area contributed by atoms with Crippen LogP contribution in [0.2, 0.25) is 0 Å². The number of carbonyl (C=O) groups is 1. The zero-order valence-corrected chi connectivity index (χ0v) is 9.34. The van der Waals surface area contributed by atoms with Crippen LogP contribution in [0.25, 0.3) is 10.9 Å². The number of hydrogen-bond donors (Lipinski definition) is 1. The molecule has 0 amide bonds. The van der Waals surface area contributed by atoms with Gasteiger partial charge in [0.25, 0.3) is 0 Å². The van der Waals surface area contributed by atoms with Crippen LogP contribution in [0.5, 0.6) is 0 Å². The normalized spacial score (nSPS) is 12.9. The standard InChI is InChI=1S/C12H14N2O2/c1-8(12(15)16)7-10-9-5-3-4-6-11(9)14(2)13-10/h3-6,8H,7H2,1-2H3,(H,15,16). The van der Waals surface area contributed by atoms with E-state index < -0.39 is 11.9 Å². The molecule has 2 aromatic rings. The molecule has 0 aliphatic rings. The maximum atomic E-state index is 10.8. The molecule has 0 fully saturated rings. The van der Waals surface area contributed by atoms with Crippen LogP contribution in [0.3, 0.4) is 0 Å².